The van der Waals surface area contributed by atoms with Crippen LogP contribution in [0, 0.1) is 6.92 Å². The van der Waals surface area contributed by atoms with Gasteiger partial charge in [-0.15, -0.1) is 0 Å². The lowest BCUT2D eigenvalue weighted by molar-refractivity contribution is -0.137. The minimum absolute atomic E-state index is 0.0958. The molecule has 0 aliphatic carbocycles. The van der Waals surface area contributed by atoms with E-state index in [0.717, 1.165) is 5.56 Å². The van der Waals surface area contributed by atoms with Crippen LogP contribution in [0.2, 0.25) is 0 Å². The lowest BCUT2D eigenvalue weighted by atomic mass is 10.1. The van der Waals surface area contributed by atoms with Crippen LogP contribution in [0.1, 0.15) is 25.3 Å². The largest absolute Gasteiger partial charge is 0.494 e. The van der Waals surface area contributed by atoms with Crippen molar-refractivity contribution < 1.29 is 24.2 Å². The highest BCUT2D eigenvalue weighted by Crippen LogP contribution is 2.33. The van der Waals surface area contributed by atoms with Crippen molar-refractivity contribution in [3.8, 4) is 5.75 Å². The van der Waals surface area contributed by atoms with Crippen molar-refractivity contribution >= 4 is 35.0 Å². The number of methoxy groups -OCH3 is 1. The standard InChI is InChI=1S/C26H28N4O5/c1-17-8-4-5-9-20(17)28-26(34)29-22-12-11-19(16-24(22)35-3)30(18(2)31)23-10-6-7-15-27-21(23)13-14-25(32)33/h4-12,15-16,27H,13-14H2,1-3H3,(H,32,33)(H2,28,29,34). The molecule has 9 nitrogen and oxygen atoms in total. The van der Waals surface area contributed by atoms with E-state index in [-0.39, 0.29) is 18.7 Å². The van der Waals surface area contributed by atoms with Crippen molar-refractivity contribution in [2.45, 2.75) is 26.7 Å². The molecule has 0 bridgehead atoms. The zero-order valence-corrected chi connectivity index (χ0v) is 19.8. The number of aryl methyl sites for hydroxylation is 1. The summed E-state index contributed by atoms with van der Waals surface area (Å²) in [6.45, 7) is 3.31. The molecule has 3 rings (SSSR count). The number of benzene rings is 2. The minimum atomic E-state index is -0.939. The minimum Gasteiger partial charge on any atom is -0.494 e. The molecule has 0 unspecified atom stereocenters. The van der Waals surface area contributed by atoms with Crippen LogP contribution in [0.3, 0.4) is 0 Å². The second-order valence-electron chi connectivity index (χ2n) is 7.75. The van der Waals surface area contributed by atoms with E-state index >= 15 is 0 Å². The number of amides is 3. The maximum absolute atomic E-state index is 12.7. The van der Waals surface area contributed by atoms with Gasteiger partial charge in [0.05, 0.1) is 30.6 Å². The van der Waals surface area contributed by atoms with Gasteiger partial charge in [0.15, 0.2) is 0 Å². The fourth-order valence-corrected chi connectivity index (χ4v) is 3.57. The summed E-state index contributed by atoms with van der Waals surface area (Å²) in [4.78, 5) is 37.9. The van der Waals surface area contributed by atoms with Gasteiger partial charge in [-0.05, 0) is 49.3 Å². The van der Waals surface area contributed by atoms with E-state index in [9.17, 15) is 14.4 Å². The highest BCUT2D eigenvalue weighted by Gasteiger charge is 2.21. The Morgan fingerprint density at radius 2 is 1.80 bits per heavy atom. The second-order valence-corrected chi connectivity index (χ2v) is 7.75. The molecular formula is C26H28N4O5. The second kappa shape index (κ2) is 11.6. The molecule has 0 spiro atoms. The van der Waals surface area contributed by atoms with Crippen LogP contribution >= 0.6 is 0 Å². The van der Waals surface area contributed by atoms with Crippen LogP contribution in [0.15, 0.2) is 78.3 Å². The molecule has 3 amide bonds. The summed E-state index contributed by atoms with van der Waals surface area (Å²) >= 11 is 0. The van der Waals surface area contributed by atoms with Crippen molar-refractivity contribution in [3.63, 3.8) is 0 Å². The number of carbonyl (C=O) groups is 3. The van der Waals surface area contributed by atoms with Crippen LogP contribution in [0.25, 0.3) is 0 Å². The van der Waals surface area contributed by atoms with E-state index < -0.39 is 12.0 Å². The summed E-state index contributed by atoms with van der Waals surface area (Å²) in [6, 6.07) is 11.9. The van der Waals surface area contributed by atoms with Crippen LogP contribution in [0.4, 0.5) is 21.9 Å². The Labute approximate surface area is 203 Å². The first-order valence-corrected chi connectivity index (χ1v) is 11.0. The quantitative estimate of drug-likeness (QED) is 0.436. The SMILES string of the molecule is COc1cc(N(C(C)=O)C2=C(CCC(=O)O)NC=CC=C2)ccc1NC(=O)Nc1ccccc1C. The number of nitrogens with zero attached hydrogens (tertiary/aromatic N) is 1. The molecule has 1 aliphatic rings. The van der Waals surface area contributed by atoms with Gasteiger partial charge >= 0.3 is 12.0 Å². The Morgan fingerprint density at radius 1 is 1.06 bits per heavy atom. The first-order valence-electron chi connectivity index (χ1n) is 11.0. The molecular weight excluding hydrogens is 448 g/mol. The fraction of sp³-hybridized carbons (Fsp3) is 0.192. The lowest BCUT2D eigenvalue weighted by Gasteiger charge is -2.26. The van der Waals surface area contributed by atoms with Gasteiger partial charge in [-0.25, -0.2) is 4.79 Å². The van der Waals surface area contributed by atoms with Crippen molar-refractivity contribution in [2.24, 2.45) is 0 Å². The highest BCUT2D eigenvalue weighted by molar-refractivity contribution is 6.02. The number of carboxylic acid groups (broad SMARTS) is 1. The van der Waals surface area contributed by atoms with Crippen molar-refractivity contribution in [2.75, 3.05) is 22.6 Å². The number of aliphatic carboxylic acids is 1. The number of carboxylic acids is 1. The summed E-state index contributed by atoms with van der Waals surface area (Å²) in [7, 11) is 1.47. The zero-order valence-electron chi connectivity index (χ0n) is 19.8. The molecule has 2 aromatic rings. The third-order valence-electron chi connectivity index (χ3n) is 5.26. The molecule has 2 aromatic carbocycles. The first-order chi connectivity index (χ1) is 16.8. The fourth-order valence-electron chi connectivity index (χ4n) is 3.57. The number of nitrogens with one attached hydrogen (secondary N) is 3. The summed E-state index contributed by atoms with van der Waals surface area (Å²) < 4.78 is 5.49. The zero-order chi connectivity index (χ0) is 25.4. The number of urea groups is 1. The maximum atomic E-state index is 12.7. The van der Waals surface area contributed by atoms with Gasteiger partial charge in [0, 0.05) is 30.6 Å². The van der Waals surface area contributed by atoms with E-state index in [4.69, 9.17) is 9.84 Å². The smallest absolute Gasteiger partial charge is 0.323 e. The van der Waals surface area contributed by atoms with Crippen LogP contribution in [-0.2, 0) is 9.59 Å². The lowest BCUT2D eigenvalue weighted by Crippen LogP contribution is -2.30. The molecule has 182 valence electrons. The molecule has 0 aromatic heterocycles. The molecule has 0 saturated carbocycles. The van der Waals surface area contributed by atoms with E-state index in [1.807, 2.05) is 25.1 Å². The number of carbonyl (C=O) groups excluding carboxylic acids is 2. The topological polar surface area (TPSA) is 120 Å². The Kier molecular flexibility index (Phi) is 8.29. The molecule has 4 N–H and O–H groups in total. The number of ether oxygens (including phenoxy) is 1. The monoisotopic (exact) mass is 476 g/mol. The molecule has 1 aliphatic heterocycles. The molecule has 0 saturated heterocycles. The molecule has 1 heterocycles. The van der Waals surface area contributed by atoms with E-state index in [1.165, 1.54) is 18.9 Å². The van der Waals surface area contributed by atoms with E-state index in [1.54, 1.807) is 48.7 Å². The van der Waals surface area contributed by atoms with Gasteiger partial charge in [0.25, 0.3) is 0 Å². The Hall–Kier alpha value is -4.53. The van der Waals surface area contributed by atoms with Gasteiger partial charge < -0.3 is 25.8 Å². The van der Waals surface area contributed by atoms with Crippen LogP contribution in [0.5, 0.6) is 5.75 Å². The van der Waals surface area contributed by atoms with Gasteiger partial charge in [0.1, 0.15) is 5.75 Å². The number of anilines is 3. The van der Waals surface area contributed by atoms with Gasteiger partial charge in [0.2, 0.25) is 5.91 Å². The number of para-hydroxylation sites is 1. The number of hydrogen-bond donors (Lipinski definition) is 4. The van der Waals surface area contributed by atoms with Crippen molar-refractivity contribution in [1.82, 2.24) is 5.32 Å². The summed E-state index contributed by atoms with van der Waals surface area (Å²) in [5, 5.41) is 17.8. The average molecular weight is 477 g/mol. The van der Waals surface area contributed by atoms with Crippen molar-refractivity contribution in [1.29, 1.82) is 0 Å². The van der Waals surface area contributed by atoms with Crippen LogP contribution < -0.4 is 25.6 Å². The van der Waals surface area contributed by atoms with Gasteiger partial charge in [-0.2, -0.15) is 0 Å². The van der Waals surface area contributed by atoms with Crippen LogP contribution in [-0.4, -0.2) is 30.1 Å². The third-order valence-corrected chi connectivity index (χ3v) is 5.26. The summed E-state index contributed by atoms with van der Waals surface area (Å²) in [6.07, 6.45) is 7.05. The normalized spacial score (nSPS) is 12.4. The van der Waals surface area contributed by atoms with Crippen molar-refractivity contribution in [3.05, 3.63) is 83.9 Å². The number of rotatable bonds is 8. The molecule has 0 atom stereocenters. The summed E-state index contributed by atoms with van der Waals surface area (Å²) in [5.74, 6) is -0.863. The summed E-state index contributed by atoms with van der Waals surface area (Å²) in [5.41, 5.74) is 3.63. The van der Waals surface area contributed by atoms with Gasteiger partial charge in [-0.1, -0.05) is 24.3 Å². The molecule has 9 heteroatoms. The molecule has 0 fully saturated rings. The maximum Gasteiger partial charge on any atom is 0.323 e. The van der Waals surface area contributed by atoms with E-state index in [2.05, 4.69) is 16.0 Å². The highest BCUT2D eigenvalue weighted by atomic mass is 16.5. The third kappa shape index (κ3) is 6.50. The van der Waals surface area contributed by atoms with E-state index in [0.29, 0.717) is 34.2 Å². The van der Waals surface area contributed by atoms with Gasteiger partial charge in [-0.3, -0.25) is 14.5 Å². The Morgan fingerprint density at radius 3 is 2.49 bits per heavy atom. The number of hydrogen-bond acceptors (Lipinski definition) is 5. The Balaban J connectivity index is 1.91. The molecule has 0 radical (unpaired) electrons. The first kappa shape index (κ1) is 25.1. The average Bonchev–Trinajstić information content (AvgIpc) is 3.05. The molecule has 35 heavy (non-hydrogen) atoms. The Bertz CT molecular complexity index is 1220. The predicted molar refractivity (Wildman–Crippen MR) is 135 cm³/mol. The predicted octanol–water partition coefficient (Wildman–Crippen LogP) is 4.75. The number of allylic oxidation sites excluding steroid dienone is 4.